The molecule has 0 saturated heterocycles. The molecule has 4 rings (SSSR count). The second kappa shape index (κ2) is 11.5. The quantitative estimate of drug-likeness (QED) is 0.296. The van der Waals surface area contributed by atoms with Crippen molar-refractivity contribution in [3.05, 3.63) is 103 Å². The maximum absolute atomic E-state index is 13.5. The van der Waals surface area contributed by atoms with Crippen LogP contribution < -0.4 is 19.1 Å². The molecule has 0 aliphatic carbocycles. The van der Waals surface area contributed by atoms with Gasteiger partial charge < -0.3 is 10.1 Å². The van der Waals surface area contributed by atoms with Gasteiger partial charge in [-0.25, -0.2) is 16.8 Å². The molecule has 0 spiro atoms. The summed E-state index contributed by atoms with van der Waals surface area (Å²) in [5, 5.41) is 2.63. The van der Waals surface area contributed by atoms with Crippen LogP contribution in [0.3, 0.4) is 0 Å². The Kier molecular flexibility index (Phi) is 8.17. The Morgan fingerprint density at radius 2 is 1.49 bits per heavy atom. The molecule has 2 N–H and O–H groups in total. The number of amides is 1. The summed E-state index contributed by atoms with van der Waals surface area (Å²) in [6, 6.07) is 21.3. The zero-order valence-electron chi connectivity index (χ0n) is 21.1. The standard InChI is InChI=1S/C27H26N4O6S2/c1-20-5-9-23(10-6-20)31(39(35,36)26-15-11-24(37-2)12-16-26)19-27(32)29-21-7-13-25(14-8-21)38(33,34)30-22-4-3-17-28-18-22/h3-18,30H,19H2,1-2H3,(H,29,32). The highest BCUT2D eigenvalue weighted by Gasteiger charge is 2.27. The first-order chi connectivity index (χ1) is 18.6. The van der Waals surface area contributed by atoms with Gasteiger partial charge in [0.2, 0.25) is 5.91 Å². The number of carbonyl (C=O) groups excluding carboxylic acids is 1. The Morgan fingerprint density at radius 1 is 0.846 bits per heavy atom. The van der Waals surface area contributed by atoms with Gasteiger partial charge in [0.05, 0.1) is 34.5 Å². The van der Waals surface area contributed by atoms with Crippen LogP contribution in [0, 0.1) is 6.92 Å². The van der Waals surface area contributed by atoms with Gasteiger partial charge in [-0.2, -0.15) is 0 Å². The lowest BCUT2D eigenvalue weighted by Gasteiger charge is -2.24. The fraction of sp³-hybridized carbons (Fsp3) is 0.111. The Labute approximate surface area is 227 Å². The van der Waals surface area contributed by atoms with Crippen LogP contribution in [0.5, 0.6) is 5.75 Å². The molecule has 0 fully saturated rings. The lowest BCUT2D eigenvalue weighted by Crippen LogP contribution is -2.38. The van der Waals surface area contributed by atoms with Gasteiger partial charge in [0, 0.05) is 11.9 Å². The summed E-state index contributed by atoms with van der Waals surface area (Å²) in [5.74, 6) is -0.119. The fourth-order valence-corrected chi connectivity index (χ4v) is 6.05. The molecule has 0 aliphatic rings. The number of carbonyl (C=O) groups is 1. The Bertz CT molecular complexity index is 1640. The molecule has 1 aromatic heterocycles. The van der Waals surface area contributed by atoms with Gasteiger partial charge in [-0.05, 0) is 79.7 Å². The van der Waals surface area contributed by atoms with Crippen molar-refractivity contribution in [1.29, 1.82) is 0 Å². The van der Waals surface area contributed by atoms with Crippen molar-refractivity contribution in [2.45, 2.75) is 16.7 Å². The number of aromatic nitrogens is 1. The van der Waals surface area contributed by atoms with Gasteiger partial charge in [-0.3, -0.25) is 18.8 Å². The van der Waals surface area contributed by atoms with Gasteiger partial charge in [0.1, 0.15) is 12.3 Å². The average molecular weight is 567 g/mol. The largest absolute Gasteiger partial charge is 0.497 e. The van der Waals surface area contributed by atoms with E-state index in [1.807, 2.05) is 6.92 Å². The van der Waals surface area contributed by atoms with Gasteiger partial charge in [-0.15, -0.1) is 0 Å². The topological polar surface area (TPSA) is 135 Å². The van der Waals surface area contributed by atoms with Gasteiger partial charge >= 0.3 is 0 Å². The van der Waals surface area contributed by atoms with Crippen molar-refractivity contribution in [3.63, 3.8) is 0 Å². The number of hydrogen-bond acceptors (Lipinski definition) is 7. The number of anilines is 3. The van der Waals surface area contributed by atoms with E-state index in [2.05, 4.69) is 15.0 Å². The third kappa shape index (κ3) is 6.72. The van der Waals surface area contributed by atoms with Crippen molar-refractivity contribution in [1.82, 2.24) is 4.98 Å². The number of benzene rings is 3. The first kappa shape index (κ1) is 27.6. The summed E-state index contributed by atoms with van der Waals surface area (Å²) in [6.45, 7) is 1.36. The molecule has 1 heterocycles. The molecular formula is C27H26N4O6S2. The molecule has 0 aliphatic heterocycles. The third-order valence-electron chi connectivity index (χ3n) is 5.62. The summed E-state index contributed by atoms with van der Waals surface area (Å²) in [5.41, 5.74) is 1.85. The molecule has 0 atom stereocenters. The number of nitrogens with zero attached hydrogens (tertiary/aromatic N) is 2. The summed E-state index contributed by atoms with van der Waals surface area (Å²) < 4.78 is 60.9. The van der Waals surface area contributed by atoms with Crippen LogP contribution in [-0.4, -0.2) is 41.4 Å². The predicted molar refractivity (Wildman–Crippen MR) is 149 cm³/mol. The SMILES string of the molecule is COc1ccc(S(=O)(=O)N(CC(=O)Nc2ccc(S(=O)(=O)Nc3cccnc3)cc2)c2ccc(C)cc2)cc1. The van der Waals surface area contributed by atoms with Crippen molar-refractivity contribution >= 4 is 43.0 Å². The Morgan fingerprint density at radius 3 is 2.08 bits per heavy atom. The maximum Gasteiger partial charge on any atom is 0.264 e. The molecule has 39 heavy (non-hydrogen) atoms. The van der Waals surface area contributed by atoms with E-state index in [0.29, 0.717) is 22.8 Å². The number of ether oxygens (including phenoxy) is 1. The van der Waals surface area contributed by atoms with E-state index >= 15 is 0 Å². The second-order valence-corrected chi connectivity index (χ2v) is 12.0. The molecule has 0 unspecified atom stereocenters. The summed E-state index contributed by atoms with van der Waals surface area (Å²) in [7, 11) is -6.50. The molecule has 0 saturated carbocycles. The van der Waals surface area contributed by atoms with Crippen LogP contribution in [0.4, 0.5) is 17.1 Å². The van der Waals surface area contributed by atoms with Gasteiger partial charge in [0.15, 0.2) is 0 Å². The number of rotatable bonds is 10. The van der Waals surface area contributed by atoms with E-state index in [1.54, 1.807) is 36.4 Å². The number of nitrogens with one attached hydrogen (secondary N) is 2. The van der Waals surface area contributed by atoms with E-state index in [-0.39, 0.29) is 9.79 Å². The highest BCUT2D eigenvalue weighted by atomic mass is 32.2. The predicted octanol–water partition coefficient (Wildman–Crippen LogP) is 4.03. The number of aryl methyl sites for hydroxylation is 1. The molecule has 12 heteroatoms. The Hall–Kier alpha value is -4.42. The smallest absolute Gasteiger partial charge is 0.264 e. The lowest BCUT2D eigenvalue weighted by molar-refractivity contribution is -0.114. The molecule has 10 nitrogen and oxygen atoms in total. The lowest BCUT2D eigenvalue weighted by atomic mass is 10.2. The van der Waals surface area contributed by atoms with E-state index in [4.69, 9.17) is 4.74 Å². The Balaban J connectivity index is 1.53. The summed E-state index contributed by atoms with van der Waals surface area (Å²) in [4.78, 5) is 16.8. The highest BCUT2D eigenvalue weighted by molar-refractivity contribution is 7.93. The van der Waals surface area contributed by atoms with Crippen molar-refractivity contribution < 1.29 is 26.4 Å². The van der Waals surface area contributed by atoms with Crippen molar-refractivity contribution in [2.75, 3.05) is 28.0 Å². The number of hydrogen-bond donors (Lipinski definition) is 2. The zero-order valence-corrected chi connectivity index (χ0v) is 22.7. The second-order valence-electron chi connectivity index (χ2n) is 8.44. The minimum Gasteiger partial charge on any atom is -0.497 e. The summed E-state index contributed by atoms with van der Waals surface area (Å²) in [6.07, 6.45) is 2.91. The number of sulfonamides is 2. The highest BCUT2D eigenvalue weighted by Crippen LogP contribution is 2.26. The van der Waals surface area contributed by atoms with Crippen LogP contribution in [0.1, 0.15) is 5.56 Å². The first-order valence-electron chi connectivity index (χ1n) is 11.6. The number of pyridine rings is 1. The van der Waals surface area contributed by atoms with Gasteiger partial charge in [0.25, 0.3) is 20.0 Å². The zero-order chi connectivity index (χ0) is 28.0. The molecule has 3 aromatic carbocycles. The molecule has 0 bridgehead atoms. The maximum atomic E-state index is 13.5. The van der Waals surface area contributed by atoms with Crippen LogP contribution in [0.2, 0.25) is 0 Å². The van der Waals surface area contributed by atoms with Crippen LogP contribution in [-0.2, 0) is 24.8 Å². The third-order valence-corrected chi connectivity index (χ3v) is 8.80. The van der Waals surface area contributed by atoms with Gasteiger partial charge in [-0.1, -0.05) is 17.7 Å². The minimum atomic E-state index is -4.11. The van der Waals surface area contributed by atoms with Crippen LogP contribution in [0.25, 0.3) is 0 Å². The minimum absolute atomic E-state index is 0.00708. The van der Waals surface area contributed by atoms with E-state index in [0.717, 1.165) is 9.87 Å². The molecule has 0 radical (unpaired) electrons. The first-order valence-corrected chi connectivity index (χ1v) is 14.6. The molecular weight excluding hydrogens is 540 g/mol. The fourth-order valence-electron chi connectivity index (χ4n) is 3.59. The van der Waals surface area contributed by atoms with E-state index in [1.165, 1.54) is 68.0 Å². The van der Waals surface area contributed by atoms with E-state index < -0.39 is 32.5 Å². The molecule has 4 aromatic rings. The van der Waals surface area contributed by atoms with Crippen molar-refractivity contribution in [2.24, 2.45) is 0 Å². The number of methoxy groups -OCH3 is 1. The summed E-state index contributed by atoms with van der Waals surface area (Å²) >= 11 is 0. The monoisotopic (exact) mass is 566 g/mol. The molecule has 202 valence electrons. The average Bonchev–Trinajstić information content (AvgIpc) is 2.93. The van der Waals surface area contributed by atoms with Crippen molar-refractivity contribution in [3.8, 4) is 5.75 Å². The normalized spacial score (nSPS) is 11.4. The van der Waals surface area contributed by atoms with Crippen LogP contribution in [0.15, 0.2) is 107 Å². The molecule has 1 amide bonds. The van der Waals surface area contributed by atoms with Crippen LogP contribution >= 0.6 is 0 Å². The van der Waals surface area contributed by atoms with E-state index in [9.17, 15) is 21.6 Å².